The van der Waals surface area contributed by atoms with Gasteiger partial charge >= 0.3 is 0 Å². The van der Waals surface area contributed by atoms with Crippen LogP contribution in [0.5, 0.6) is 0 Å². The van der Waals surface area contributed by atoms with Gasteiger partial charge in [-0.15, -0.1) is 0 Å². The van der Waals surface area contributed by atoms with E-state index >= 15 is 0 Å². The Kier molecular flexibility index (Phi) is 5.40. The molecule has 0 aliphatic heterocycles. The number of fused-ring (bicyclic) bond motifs is 2. The molecule has 0 fully saturated rings. The maximum atomic E-state index is 11.5. The van der Waals surface area contributed by atoms with Crippen LogP contribution in [0.1, 0.15) is 19.8 Å². The minimum atomic E-state index is -0.451. The smallest absolute Gasteiger partial charge is 0.295 e. The van der Waals surface area contributed by atoms with Crippen LogP contribution in [0.3, 0.4) is 0 Å². The number of anilines is 2. The summed E-state index contributed by atoms with van der Waals surface area (Å²) >= 11 is 0. The number of rotatable bonds is 7. The molecule has 2 heterocycles. The zero-order valence-corrected chi connectivity index (χ0v) is 16.8. The van der Waals surface area contributed by atoms with Crippen molar-refractivity contribution in [3.63, 3.8) is 0 Å². The first-order valence-corrected chi connectivity index (χ1v) is 9.85. The molecule has 2 aromatic heterocycles. The van der Waals surface area contributed by atoms with Gasteiger partial charge in [0.05, 0.1) is 9.85 Å². The molecule has 9 nitrogen and oxygen atoms in total. The van der Waals surface area contributed by atoms with Crippen molar-refractivity contribution in [2.24, 2.45) is 0 Å². The molecule has 0 aliphatic carbocycles. The Morgan fingerprint density at radius 3 is 1.68 bits per heavy atom. The molecule has 0 aliphatic rings. The van der Waals surface area contributed by atoms with Crippen molar-refractivity contribution in [2.75, 3.05) is 11.4 Å². The fraction of sp³-hybridized carbons (Fsp3) is 0.182. The maximum Gasteiger partial charge on any atom is 0.295 e. The fourth-order valence-corrected chi connectivity index (χ4v) is 3.50. The van der Waals surface area contributed by atoms with Crippen LogP contribution < -0.4 is 4.90 Å². The van der Waals surface area contributed by atoms with Crippen LogP contribution in [0, 0.1) is 20.2 Å². The minimum Gasteiger partial charge on any atom is -0.311 e. The summed E-state index contributed by atoms with van der Waals surface area (Å²) in [5.41, 5.74) is 0.435. The third-order valence-electron chi connectivity index (χ3n) is 5.05. The van der Waals surface area contributed by atoms with Gasteiger partial charge in [0.2, 0.25) is 0 Å². The number of aromatic nitrogens is 2. The molecule has 0 amide bonds. The van der Waals surface area contributed by atoms with Gasteiger partial charge in [0.1, 0.15) is 11.6 Å². The highest BCUT2D eigenvalue weighted by Gasteiger charge is 2.19. The number of nitrogens with zero attached hydrogens (tertiary/aromatic N) is 5. The molecule has 156 valence electrons. The second kappa shape index (κ2) is 8.31. The Morgan fingerprint density at radius 1 is 0.774 bits per heavy atom. The topological polar surface area (TPSA) is 115 Å². The average molecular weight is 417 g/mol. The monoisotopic (exact) mass is 417 g/mol. The number of hydrogen-bond acceptors (Lipinski definition) is 7. The van der Waals surface area contributed by atoms with Gasteiger partial charge < -0.3 is 4.90 Å². The van der Waals surface area contributed by atoms with Gasteiger partial charge in [-0.25, -0.2) is 9.97 Å². The first kappa shape index (κ1) is 20.1. The number of para-hydroxylation sites is 2. The molecule has 0 atom stereocenters. The van der Waals surface area contributed by atoms with E-state index in [1.807, 2.05) is 4.90 Å². The van der Waals surface area contributed by atoms with E-state index in [-0.39, 0.29) is 11.4 Å². The molecule has 4 aromatic rings. The van der Waals surface area contributed by atoms with Gasteiger partial charge in [0.25, 0.3) is 11.4 Å². The predicted octanol–water partition coefficient (Wildman–Crippen LogP) is 5.54. The lowest BCUT2D eigenvalue weighted by Gasteiger charge is -2.23. The van der Waals surface area contributed by atoms with Crippen molar-refractivity contribution in [3.05, 3.63) is 80.9 Å². The molecular weight excluding hydrogens is 398 g/mol. The molecule has 31 heavy (non-hydrogen) atoms. The molecular formula is C22H19N5O4. The van der Waals surface area contributed by atoms with Gasteiger partial charge in [-0.05, 0) is 30.7 Å². The van der Waals surface area contributed by atoms with Crippen molar-refractivity contribution in [1.82, 2.24) is 9.97 Å². The van der Waals surface area contributed by atoms with E-state index in [4.69, 9.17) is 0 Å². The zero-order valence-electron chi connectivity index (χ0n) is 16.8. The highest BCUT2D eigenvalue weighted by Crippen LogP contribution is 2.31. The summed E-state index contributed by atoms with van der Waals surface area (Å²) in [6.45, 7) is 2.62. The van der Waals surface area contributed by atoms with Gasteiger partial charge in [0, 0.05) is 29.4 Å². The highest BCUT2D eigenvalue weighted by atomic mass is 16.6. The number of pyridine rings is 2. The number of nitro benzene ring substituents is 2. The molecule has 0 radical (unpaired) electrons. The number of non-ortho nitro benzene ring substituents is 2. The van der Waals surface area contributed by atoms with Crippen molar-refractivity contribution < 1.29 is 9.85 Å². The van der Waals surface area contributed by atoms with E-state index in [1.165, 1.54) is 12.1 Å². The molecule has 9 heteroatoms. The Morgan fingerprint density at radius 2 is 1.26 bits per heavy atom. The summed E-state index contributed by atoms with van der Waals surface area (Å²) in [6.07, 6.45) is 1.74. The van der Waals surface area contributed by atoms with E-state index in [0.29, 0.717) is 40.0 Å². The average Bonchev–Trinajstić information content (AvgIpc) is 2.78. The summed E-state index contributed by atoms with van der Waals surface area (Å²) in [6, 6.07) is 16.8. The van der Waals surface area contributed by atoms with Crippen LogP contribution in [-0.4, -0.2) is 26.4 Å². The van der Waals surface area contributed by atoms with Gasteiger partial charge in [-0.3, -0.25) is 20.2 Å². The maximum absolute atomic E-state index is 11.5. The minimum absolute atomic E-state index is 0.0723. The largest absolute Gasteiger partial charge is 0.311 e. The number of nitro groups is 2. The second-order valence-electron chi connectivity index (χ2n) is 7.06. The van der Waals surface area contributed by atoms with Gasteiger partial charge in [-0.2, -0.15) is 0 Å². The van der Waals surface area contributed by atoms with Crippen LogP contribution in [-0.2, 0) is 0 Å². The van der Waals surface area contributed by atoms with Crippen LogP contribution in [0.4, 0.5) is 23.0 Å². The summed E-state index contributed by atoms with van der Waals surface area (Å²) in [4.78, 5) is 33.0. The molecule has 4 rings (SSSR count). The Bertz CT molecular complexity index is 1210. The Hall–Kier alpha value is -4.14. The van der Waals surface area contributed by atoms with E-state index in [0.717, 1.165) is 12.8 Å². The van der Waals surface area contributed by atoms with E-state index in [2.05, 4.69) is 16.9 Å². The third-order valence-corrected chi connectivity index (χ3v) is 5.05. The fourth-order valence-electron chi connectivity index (χ4n) is 3.50. The van der Waals surface area contributed by atoms with Crippen molar-refractivity contribution in [2.45, 2.75) is 19.8 Å². The number of hydrogen-bond donors (Lipinski definition) is 0. The molecule has 2 aromatic carbocycles. The number of benzene rings is 2. The Balaban J connectivity index is 1.88. The summed E-state index contributed by atoms with van der Waals surface area (Å²) in [5.74, 6) is 1.00. The van der Waals surface area contributed by atoms with Crippen LogP contribution >= 0.6 is 0 Å². The lowest BCUT2D eigenvalue weighted by molar-refractivity contribution is -0.383. The molecule has 0 N–H and O–H groups in total. The van der Waals surface area contributed by atoms with E-state index in [1.54, 1.807) is 48.5 Å². The predicted molar refractivity (Wildman–Crippen MR) is 119 cm³/mol. The van der Waals surface area contributed by atoms with Crippen LogP contribution in [0.15, 0.2) is 60.7 Å². The summed E-state index contributed by atoms with van der Waals surface area (Å²) in [7, 11) is 0. The summed E-state index contributed by atoms with van der Waals surface area (Å²) in [5, 5.41) is 24.2. The Labute approximate surface area is 177 Å². The standard InChI is InChI=1S/C22H19N5O4/c1-2-3-14-25(19-12-10-15-6-4-8-17(26(28)29)21(15)23-19)20-13-11-16-7-5-9-18(27(30)31)22(16)24-20/h4-13H,2-3,14H2,1H3. The molecule has 0 bridgehead atoms. The quantitative estimate of drug-likeness (QED) is 0.286. The van der Waals surface area contributed by atoms with Crippen LogP contribution in [0.25, 0.3) is 21.8 Å². The molecule has 0 saturated heterocycles. The molecule has 0 spiro atoms. The normalized spacial score (nSPS) is 11.0. The van der Waals surface area contributed by atoms with Crippen molar-refractivity contribution >= 4 is 44.8 Å². The lowest BCUT2D eigenvalue weighted by atomic mass is 10.1. The first-order chi connectivity index (χ1) is 15.0. The molecule has 0 saturated carbocycles. The van der Waals surface area contributed by atoms with Crippen LogP contribution in [0.2, 0.25) is 0 Å². The van der Waals surface area contributed by atoms with E-state index in [9.17, 15) is 20.2 Å². The van der Waals surface area contributed by atoms with E-state index < -0.39 is 9.85 Å². The number of unbranched alkanes of at least 4 members (excludes halogenated alkanes) is 1. The lowest BCUT2D eigenvalue weighted by Crippen LogP contribution is -2.20. The molecule has 0 unspecified atom stereocenters. The van der Waals surface area contributed by atoms with Crippen molar-refractivity contribution in [3.8, 4) is 0 Å². The van der Waals surface area contributed by atoms with Gasteiger partial charge in [-0.1, -0.05) is 37.6 Å². The highest BCUT2D eigenvalue weighted by molar-refractivity contribution is 5.90. The summed E-state index contributed by atoms with van der Waals surface area (Å²) < 4.78 is 0. The zero-order chi connectivity index (χ0) is 22.0. The van der Waals surface area contributed by atoms with Crippen molar-refractivity contribution in [1.29, 1.82) is 0 Å². The second-order valence-corrected chi connectivity index (χ2v) is 7.06. The SMILES string of the molecule is CCCCN(c1ccc2cccc([N+](=O)[O-])c2n1)c1ccc2cccc([N+](=O)[O-])c2n1. The first-order valence-electron chi connectivity index (χ1n) is 9.85. The third kappa shape index (κ3) is 3.85. The van der Waals surface area contributed by atoms with Gasteiger partial charge in [0.15, 0.2) is 11.0 Å².